The third kappa shape index (κ3) is 4.12. The molecule has 142 valence electrons. The van der Waals surface area contributed by atoms with Crippen molar-refractivity contribution in [3.8, 4) is 0 Å². The first-order chi connectivity index (χ1) is 13.2. The van der Waals surface area contributed by atoms with Gasteiger partial charge in [0.05, 0.1) is 11.2 Å². The third-order valence-electron chi connectivity index (χ3n) is 6.06. The van der Waals surface area contributed by atoms with E-state index in [1.807, 2.05) is 30.3 Å². The molecule has 1 heterocycles. The Hall–Kier alpha value is -2.43. The van der Waals surface area contributed by atoms with Crippen LogP contribution in [0.4, 0.5) is 5.69 Å². The zero-order valence-electron chi connectivity index (χ0n) is 15.6. The van der Waals surface area contributed by atoms with Gasteiger partial charge in [-0.15, -0.1) is 0 Å². The minimum Gasteiger partial charge on any atom is -0.353 e. The van der Waals surface area contributed by atoms with Crippen LogP contribution < -0.4 is 10.6 Å². The molecule has 0 unspecified atom stereocenters. The van der Waals surface area contributed by atoms with Gasteiger partial charge in [0, 0.05) is 29.5 Å². The average molecular weight is 365 g/mol. The number of rotatable bonds is 4. The normalized spacial score (nSPS) is 23.3. The van der Waals surface area contributed by atoms with Gasteiger partial charge in [0.2, 0.25) is 11.8 Å². The number of benzene rings is 1. The summed E-state index contributed by atoms with van der Waals surface area (Å²) in [4.78, 5) is 29.6. The van der Waals surface area contributed by atoms with Crippen molar-refractivity contribution in [3.05, 3.63) is 36.5 Å². The number of fused-ring (bicyclic) bond motifs is 1. The number of pyridine rings is 1. The Morgan fingerprint density at radius 1 is 0.852 bits per heavy atom. The van der Waals surface area contributed by atoms with Crippen molar-refractivity contribution >= 4 is 28.4 Å². The molecule has 0 radical (unpaired) electrons. The van der Waals surface area contributed by atoms with Crippen molar-refractivity contribution in [1.29, 1.82) is 0 Å². The highest BCUT2D eigenvalue weighted by Gasteiger charge is 2.31. The van der Waals surface area contributed by atoms with E-state index in [0.717, 1.165) is 55.1 Å². The topological polar surface area (TPSA) is 71.1 Å². The van der Waals surface area contributed by atoms with Gasteiger partial charge >= 0.3 is 0 Å². The number of carbonyl (C=O) groups is 2. The van der Waals surface area contributed by atoms with Gasteiger partial charge in [0.15, 0.2) is 0 Å². The van der Waals surface area contributed by atoms with Gasteiger partial charge in [-0.25, -0.2) is 0 Å². The number of hydrogen-bond acceptors (Lipinski definition) is 3. The molecule has 2 amide bonds. The maximum Gasteiger partial charge on any atom is 0.227 e. The smallest absolute Gasteiger partial charge is 0.227 e. The molecule has 4 rings (SSSR count). The summed E-state index contributed by atoms with van der Waals surface area (Å²) in [6.07, 6.45) is 9.55. The van der Waals surface area contributed by atoms with Crippen molar-refractivity contribution in [2.75, 3.05) is 5.32 Å². The van der Waals surface area contributed by atoms with Gasteiger partial charge < -0.3 is 10.6 Å². The Bertz CT molecular complexity index is 816. The molecule has 2 aliphatic carbocycles. The van der Waals surface area contributed by atoms with E-state index in [9.17, 15) is 9.59 Å². The van der Waals surface area contributed by atoms with Crippen LogP contribution in [0.15, 0.2) is 36.5 Å². The molecule has 27 heavy (non-hydrogen) atoms. The highest BCUT2D eigenvalue weighted by Crippen LogP contribution is 2.31. The second kappa shape index (κ2) is 8.07. The summed E-state index contributed by atoms with van der Waals surface area (Å²) in [6, 6.07) is 10.1. The molecule has 0 atom stereocenters. The van der Waals surface area contributed by atoms with E-state index in [1.165, 1.54) is 12.8 Å². The molecule has 2 N–H and O–H groups in total. The maximum atomic E-state index is 12.7. The number of hydrogen-bond donors (Lipinski definition) is 2. The van der Waals surface area contributed by atoms with Crippen molar-refractivity contribution in [3.63, 3.8) is 0 Å². The summed E-state index contributed by atoms with van der Waals surface area (Å²) in [7, 11) is 0. The molecule has 0 saturated heterocycles. The predicted molar refractivity (Wildman–Crippen MR) is 106 cm³/mol. The van der Waals surface area contributed by atoms with Gasteiger partial charge in [0.1, 0.15) is 0 Å². The number of aromatic nitrogens is 1. The molecule has 0 spiro atoms. The van der Waals surface area contributed by atoms with Crippen LogP contribution in [0.5, 0.6) is 0 Å². The number of nitrogens with one attached hydrogen (secondary N) is 2. The Morgan fingerprint density at radius 2 is 1.52 bits per heavy atom. The van der Waals surface area contributed by atoms with E-state index < -0.39 is 0 Å². The number of anilines is 1. The van der Waals surface area contributed by atoms with Gasteiger partial charge in [-0.2, -0.15) is 0 Å². The number of nitrogens with zero attached hydrogens (tertiary/aromatic N) is 1. The minimum absolute atomic E-state index is 0.0282. The van der Waals surface area contributed by atoms with Crippen LogP contribution in [0.25, 0.3) is 10.9 Å². The largest absolute Gasteiger partial charge is 0.353 e. The molecular weight excluding hydrogens is 338 g/mol. The summed E-state index contributed by atoms with van der Waals surface area (Å²) >= 11 is 0. The Kier molecular flexibility index (Phi) is 5.37. The van der Waals surface area contributed by atoms with Crippen molar-refractivity contribution in [2.45, 2.75) is 57.4 Å². The molecule has 2 aromatic rings. The summed E-state index contributed by atoms with van der Waals surface area (Å²) in [6.45, 7) is 0. The van der Waals surface area contributed by atoms with Gasteiger partial charge in [-0.05, 0) is 50.7 Å². The first-order valence-electron chi connectivity index (χ1n) is 10.2. The van der Waals surface area contributed by atoms with Gasteiger partial charge in [-0.1, -0.05) is 31.0 Å². The van der Waals surface area contributed by atoms with E-state index in [1.54, 1.807) is 6.20 Å². The lowest BCUT2D eigenvalue weighted by Crippen LogP contribution is -2.39. The lowest BCUT2D eigenvalue weighted by atomic mass is 9.81. The quantitative estimate of drug-likeness (QED) is 0.859. The van der Waals surface area contributed by atoms with Gasteiger partial charge in [-0.3, -0.25) is 14.6 Å². The minimum atomic E-state index is -0.0282. The standard InChI is InChI=1S/C22H27N3O2/c26-21(24-18-7-1-2-8-18)16-10-12-17(13-11-16)22(27)25-19-9-3-5-15-6-4-14-23-20(15)19/h3-6,9,14,16-18H,1-2,7-8,10-13H2,(H,24,26)(H,25,27). The fraction of sp³-hybridized carbons (Fsp3) is 0.500. The van der Waals surface area contributed by atoms with E-state index in [0.29, 0.717) is 6.04 Å². The summed E-state index contributed by atoms with van der Waals surface area (Å²) in [5, 5.41) is 7.28. The van der Waals surface area contributed by atoms with Crippen LogP contribution >= 0.6 is 0 Å². The average Bonchev–Trinajstić information content (AvgIpc) is 3.21. The molecular formula is C22H27N3O2. The zero-order valence-corrected chi connectivity index (χ0v) is 15.6. The van der Waals surface area contributed by atoms with Crippen molar-refractivity contribution in [2.24, 2.45) is 11.8 Å². The number of amides is 2. The zero-order chi connectivity index (χ0) is 18.6. The fourth-order valence-corrected chi connectivity index (χ4v) is 4.45. The first-order valence-corrected chi connectivity index (χ1v) is 10.2. The molecule has 2 saturated carbocycles. The highest BCUT2D eigenvalue weighted by atomic mass is 16.2. The molecule has 1 aromatic carbocycles. The SMILES string of the molecule is O=C(Nc1cccc2cccnc12)C1CCC(C(=O)NC2CCCC2)CC1. The lowest BCUT2D eigenvalue weighted by molar-refractivity contribution is -0.129. The molecule has 5 nitrogen and oxygen atoms in total. The van der Waals surface area contributed by atoms with Crippen molar-refractivity contribution < 1.29 is 9.59 Å². The van der Waals surface area contributed by atoms with Crippen LogP contribution in [0.3, 0.4) is 0 Å². The highest BCUT2D eigenvalue weighted by molar-refractivity contribution is 6.01. The predicted octanol–water partition coefficient (Wildman–Crippen LogP) is 4.04. The third-order valence-corrected chi connectivity index (χ3v) is 6.06. The van der Waals surface area contributed by atoms with Crippen LogP contribution in [0, 0.1) is 11.8 Å². The lowest BCUT2D eigenvalue weighted by Gasteiger charge is -2.28. The summed E-state index contributed by atoms with van der Waals surface area (Å²) < 4.78 is 0. The van der Waals surface area contributed by atoms with Gasteiger partial charge in [0.25, 0.3) is 0 Å². The maximum absolute atomic E-state index is 12.7. The molecule has 2 aliphatic rings. The molecule has 0 aliphatic heterocycles. The fourth-order valence-electron chi connectivity index (χ4n) is 4.45. The molecule has 2 fully saturated rings. The van der Waals surface area contributed by atoms with E-state index in [-0.39, 0.29) is 23.7 Å². The molecule has 1 aromatic heterocycles. The van der Waals surface area contributed by atoms with Crippen LogP contribution in [-0.4, -0.2) is 22.8 Å². The Labute approximate surface area is 159 Å². The second-order valence-corrected chi connectivity index (χ2v) is 7.91. The monoisotopic (exact) mass is 365 g/mol. The van der Waals surface area contributed by atoms with E-state index >= 15 is 0 Å². The number of para-hydroxylation sites is 1. The molecule has 5 heteroatoms. The van der Waals surface area contributed by atoms with Crippen molar-refractivity contribution in [1.82, 2.24) is 10.3 Å². The summed E-state index contributed by atoms with van der Waals surface area (Å²) in [5.41, 5.74) is 1.58. The molecule has 0 bridgehead atoms. The Balaban J connectivity index is 1.32. The number of carbonyl (C=O) groups excluding carboxylic acids is 2. The Morgan fingerprint density at radius 3 is 2.26 bits per heavy atom. The van der Waals surface area contributed by atoms with E-state index in [2.05, 4.69) is 15.6 Å². The summed E-state index contributed by atoms with van der Waals surface area (Å²) in [5.74, 6) is 0.273. The van der Waals surface area contributed by atoms with E-state index in [4.69, 9.17) is 0 Å². The van der Waals surface area contributed by atoms with Crippen LogP contribution in [0.2, 0.25) is 0 Å². The second-order valence-electron chi connectivity index (χ2n) is 7.91. The van der Waals surface area contributed by atoms with Crippen LogP contribution in [0.1, 0.15) is 51.4 Å². The first kappa shape index (κ1) is 18.0. The van der Waals surface area contributed by atoms with Crippen LogP contribution in [-0.2, 0) is 9.59 Å².